The van der Waals surface area contributed by atoms with Gasteiger partial charge < -0.3 is 0 Å². The second-order valence-corrected chi connectivity index (χ2v) is 3.48. The molecule has 0 rings (SSSR count). The van der Waals surface area contributed by atoms with Gasteiger partial charge in [0.2, 0.25) is 0 Å². The van der Waals surface area contributed by atoms with Crippen molar-refractivity contribution in [2.75, 3.05) is 0 Å². The molecule has 0 aliphatic heterocycles. The van der Waals surface area contributed by atoms with E-state index in [-0.39, 0.29) is 0 Å². The van der Waals surface area contributed by atoms with Gasteiger partial charge >= 0.3 is 0 Å². The third kappa shape index (κ3) is 5.88. The van der Waals surface area contributed by atoms with Gasteiger partial charge in [-0.2, -0.15) is 0 Å². The number of rotatable bonds is 4. The zero-order chi connectivity index (χ0) is 7.28. The Morgan fingerprint density at radius 3 is 1.89 bits per heavy atom. The Labute approximate surface area is 59.7 Å². The maximum absolute atomic E-state index is 2.34. The topological polar surface area (TPSA) is 0 Å². The summed E-state index contributed by atoms with van der Waals surface area (Å²) in [7, 11) is 0. The summed E-state index contributed by atoms with van der Waals surface area (Å²) in [5.41, 5.74) is 0. The Hall–Kier alpha value is 0. The van der Waals surface area contributed by atoms with E-state index in [2.05, 4.69) is 27.7 Å². The SMILES string of the molecule is CCC(C)CCC(C)C. The highest BCUT2D eigenvalue weighted by Crippen LogP contribution is 2.13. The monoisotopic (exact) mass is 128 g/mol. The quantitative estimate of drug-likeness (QED) is 0.544. The molecule has 0 aromatic carbocycles. The molecule has 1 atom stereocenters. The van der Waals surface area contributed by atoms with Crippen molar-refractivity contribution >= 4 is 0 Å². The molecular weight excluding hydrogens is 108 g/mol. The van der Waals surface area contributed by atoms with Crippen molar-refractivity contribution in [3.05, 3.63) is 0 Å². The summed E-state index contributed by atoms with van der Waals surface area (Å²) < 4.78 is 0. The molecule has 0 heterocycles. The molecular formula is C9H20. The van der Waals surface area contributed by atoms with Crippen LogP contribution >= 0.6 is 0 Å². The molecule has 0 nitrogen and oxygen atoms in total. The van der Waals surface area contributed by atoms with E-state index in [1.807, 2.05) is 0 Å². The van der Waals surface area contributed by atoms with Crippen LogP contribution in [0, 0.1) is 11.8 Å². The van der Waals surface area contributed by atoms with Gasteiger partial charge in [-0.15, -0.1) is 0 Å². The second kappa shape index (κ2) is 4.84. The third-order valence-electron chi connectivity index (χ3n) is 1.93. The van der Waals surface area contributed by atoms with Crippen molar-refractivity contribution in [1.82, 2.24) is 0 Å². The van der Waals surface area contributed by atoms with Crippen LogP contribution < -0.4 is 0 Å². The van der Waals surface area contributed by atoms with E-state index in [9.17, 15) is 0 Å². The fourth-order valence-corrected chi connectivity index (χ4v) is 0.822. The minimum atomic E-state index is 0.888. The highest BCUT2D eigenvalue weighted by molar-refractivity contribution is 4.52. The molecule has 0 aromatic rings. The average molecular weight is 128 g/mol. The first-order valence-electron chi connectivity index (χ1n) is 4.16. The van der Waals surface area contributed by atoms with Gasteiger partial charge in [-0.3, -0.25) is 0 Å². The highest BCUT2D eigenvalue weighted by Gasteiger charge is 1.99. The normalized spacial score (nSPS) is 14.3. The molecule has 0 aromatic heterocycles. The largest absolute Gasteiger partial charge is 0.0651 e. The highest BCUT2D eigenvalue weighted by atomic mass is 14.1. The van der Waals surface area contributed by atoms with Gasteiger partial charge in [-0.1, -0.05) is 47.0 Å². The molecule has 0 saturated heterocycles. The maximum atomic E-state index is 2.34. The zero-order valence-electron chi connectivity index (χ0n) is 7.28. The van der Waals surface area contributed by atoms with Gasteiger partial charge in [-0.25, -0.2) is 0 Å². The molecule has 1 unspecified atom stereocenters. The standard InChI is InChI=1S/C9H20/c1-5-9(4)7-6-8(2)3/h8-9H,5-7H2,1-4H3. The molecule has 0 fully saturated rings. The van der Waals surface area contributed by atoms with Gasteiger partial charge in [0.15, 0.2) is 0 Å². The van der Waals surface area contributed by atoms with Gasteiger partial charge in [0.05, 0.1) is 0 Å². The van der Waals surface area contributed by atoms with Gasteiger partial charge in [0, 0.05) is 0 Å². The van der Waals surface area contributed by atoms with Crippen molar-refractivity contribution in [3.8, 4) is 0 Å². The molecule has 9 heavy (non-hydrogen) atoms. The lowest BCUT2D eigenvalue weighted by Crippen LogP contribution is -1.95. The van der Waals surface area contributed by atoms with E-state index in [4.69, 9.17) is 0 Å². The van der Waals surface area contributed by atoms with E-state index in [1.54, 1.807) is 0 Å². The minimum absolute atomic E-state index is 0.888. The third-order valence-corrected chi connectivity index (χ3v) is 1.93. The maximum Gasteiger partial charge on any atom is -0.0445 e. The molecule has 0 spiro atoms. The summed E-state index contributed by atoms with van der Waals surface area (Å²) in [5.74, 6) is 1.83. The fraction of sp³-hybridized carbons (Fsp3) is 1.00. The minimum Gasteiger partial charge on any atom is -0.0651 e. The zero-order valence-corrected chi connectivity index (χ0v) is 7.28. The summed E-state index contributed by atoms with van der Waals surface area (Å²) in [6.45, 7) is 9.19. The Kier molecular flexibility index (Phi) is 4.84. The van der Waals surface area contributed by atoms with Crippen LogP contribution in [0.1, 0.15) is 47.0 Å². The Bertz CT molecular complexity index is 55.1. The van der Waals surface area contributed by atoms with Crippen LogP contribution in [-0.4, -0.2) is 0 Å². The van der Waals surface area contributed by atoms with Gasteiger partial charge in [0.25, 0.3) is 0 Å². The molecule has 0 N–H and O–H groups in total. The van der Waals surface area contributed by atoms with E-state index in [0.717, 1.165) is 11.8 Å². The lowest BCUT2D eigenvalue weighted by Gasteiger charge is -2.09. The summed E-state index contributed by atoms with van der Waals surface area (Å²) in [5, 5.41) is 0. The van der Waals surface area contributed by atoms with Crippen LogP contribution in [0.4, 0.5) is 0 Å². The van der Waals surface area contributed by atoms with Crippen LogP contribution in [0.25, 0.3) is 0 Å². The summed E-state index contributed by atoms with van der Waals surface area (Å²) in [6, 6.07) is 0. The molecule has 0 bridgehead atoms. The molecule has 0 heteroatoms. The van der Waals surface area contributed by atoms with Crippen molar-refractivity contribution < 1.29 is 0 Å². The number of hydrogen-bond donors (Lipinski definition) is 0. The fourth-order valence-electron chi connectivity index (χ4n) is 0.822. The molecule has 0 aliphatic carbocycles. The summed E-state index contributed by atoms with van der Waals surface area (Å²) >= 11 is 0. The van der Waals surface area contributed by atoms with E-state index in [0.29, 0.717) is 0 Å². The first-order chi connectivity index (χ1) is 4.16. The molecule has 0 radical (unpaired) electrons. The predicted octanol–water partition coefficient (Wildman–Crippen LogP) is 3.47. The van der Waals surface area contributed by atoms with Gasteiger partial charge in [0.1, 0.15) is 0 Å². The van der Waals surface area contributed by atoms with Crippen LogP contribution in [0.2, 0.25) is 0 Å². The number of hydrogen-bond acceptors (Lipinski definition) is 0. The summed E-state index contributed by atoms with van der Waals surface area (Å²) in [6.07, 6.45) is 4.15. The van der Waals surface area contributed by atoms with Crippen LogP contribution in [0.15, 0.2) is 0 Å². The van der Waals surface area contributed by atoms with E-state index < -0.39 is 0 Å². The lowest BCUT2D eigenvalue weighted by atomic mass is 9.98. The second-order valence-electron chi connectivity index (χ2n) is 3.48. The molecule has 56 valence electrons. The molecule has 0 saturated carbocycles. The first-order valence-corrected chi connectivity index (χ1v) is 4.16. The Morgan fingerprint density at radius 2 is 1.56 bits per heavy atom. The van der Waals surface area contributed by atoms with Gasteiger partial charge in [-0.05, 0) is 11.8 Å². The lowest BCUT2D eigenvalue weighted by molar-refractivity contribution is 0.441. The van der Waals surface area contributed by atoms with Crippen molar-refractivity contribution in [2.24, 2.45) is 11.8 Å². The van der Waals surface area contributed by atoms with E-state index >= 15 is 0 Å². The van der Waals surface area contributed by atoms with Crippen LogP contribution in [0.5, 0.6) is 0 Å². The van der Waals surface area contributed by atoms with Crippen molar-refractivity contribution in [1.29, 1.82) is 0 Å². The van der Waals surface area contributed by atoms with Crippen LogP contribution in [-0.2, 0) is 0 Å². The Balaban J connectivity index is 3.06. The summed E-state index contributed by atoms with van der Waals surface area (Å²) in [4.78, 5) is 0. The smallest absolute Gasteiger partial charge is 0.0445 e. The predicted molar refractivity (Wildman–Crippen MR) is 43.5 cm³/mol. The molecule has 0 amide bonds. The van der Waals surface area contributed by atoms with Crippen molar-refractivity contribution in [2.45, 2.75) is 47.0 Å². The van der Waals surface area contributed by atoms with Crippen LogP contribution in [0.3, 0.4) is 0 Å². The van der Waals surface area contributed by atoms with Crippen molar-refractivity contribution in [3.63, 3.8) is 0 Å². The molecule has 0 aliphatic rings. The average Bonchev–Trinajstić information content (AvgIpc) is 1.83. The first kappa shape index (κ1) is 9.00. The van der Waals surface area contributed by atoms with E-state index in [1.165, 1.54) is 19.3 Å². The Morgan fingerprint density at radius 1 is 1.00 bits per heavy atom.